The van der Waals surface area contributed by atoms with Crippen LogP contribution in [0.1, 0.15) is 32.9 Å². The zero-order chi connectivity index (χ0) is 22.8. The molecule has 1 rings (SSSR count). The van der Waals surface area contributed by atoms with Crippen molar-refractivity contribution in [3.63, 3.8) is 0 Å². The van der Waals surface area contributed by atoms with E-state index in [0.717, 1.165) is 0 Å². The van der Waals surface area contributed by atoms with Crippen molar-refractivity contribution in [2.75, 3.05) is 6.54 Å². The van der Waals surface area contributed by atoms with E-state index in [9.17, 15) is 24.3 Å². The van der Waals surface area contributed by atoms with Crippen LogP contribution in [0.5, 0.6) is 0 Å². The number of aliphatic hydroxyl groups excluding tert-OH is 1. The molecule has 0 aliphatic carbocycles. The van der Waals surface area contributed by atoms with E-state index in [0.29, 0.717) is 12.1 Å². The summed E-state index contributed by atoms with van der Waals surface area (Å²) in [5.41, 5.74) is 6.49. The number of nitrogens with one attached hydrogen (secondary N) is 4. The van der Waals surface area contributed by atoms with E-state index in [1.807, 2.05) is 13.8 Å². The fraction of sp³-hybridized carbons (Fsp3) is 0.611. The molecule has 0 aliphatic rings. The van der Waals surface area contributed by atoms with Crippen LogP contribution in [0.25, 0.3) is 0 Å². The number of H-pyrrole nitrogens is 1. The fourth-order valence-electron chi connectivity index (χ4n) is 2.54. The molecule has 0 spiro atoms. The molecule has 1 aromatic heterocycles. The topological polar surface area (TPSA) is 200 Å². The second kappa shape index (κ2) is 11.9. The van der Waals surface area contributed by atoms with Crippen LogP contribution >= 0.6 is 0 Å². The van der Waals surface area contributed by atoms with Crippen molar-refractivity contribution in [1.29, 1.82) is 0 Å². The van der Waals surface area contributed by atoms with E-state index < -0.39 is 54.5 Å². The minimum atomic E-state index is -1.42. The Morgan fingerprint density at radius 1 is 1.17 bits per heavy atom. The molecule has 1 heterocycles. The second-order valence-corrected chi connectivity index (χ2v) is 7.09. The minimum absolute atomic E-state index is 0.0358. The smallest absolute Gasteiger partial charge is 0.322 e. The molecule has 1 aromatic rings. The normalized spacial score (nSPS) is 15.9. The Morgan fingerprint density at radius 3 is 2.33 bits per heavy atom. The number of nitrogens with two attached hydrogens (primary N) is 1. The molecule has 5 atom stereocenters. The Bertz CT molecular complexity index is 723. The van der Waals surface area contributed by atoms with Gasteiger partial charge in [0.05, 0.1) is 18.5 Å². The first-order chi connectivity index (χ1) is 14.1. The predicted octanol–water partition coefficient (Wildman–Crippen LogP) is -2.12. The molecule has 0 radical (unpaired) electrons. The van der Waals surface area contributed by atoms with Crippen molar-refractivity contribution >= 4 is 23.7 Å². The Kier molecular flexibility index (Phi) is 9.92. The number of carboxylic acids is 1. The summed E-state index contributed by atoms with van der Waals surface area (Å²) in [6, 6.07) is -3.36. The Hall–Kier alpha value is -2.99. The van der Waals surface area contributed by atoms with Gasteiger partial charge < -0.3 is 36.9 Å². The van der Waals surface area contributed by atoms with Gasteiger partial charge in [0.1, 0.15) is 18.6 Å². The molecule has 0 aromatic carbocycles. The zero-order valence-electron chi connectivity index (χ0n) is 17.2. The van der Waals surface area contributed by atoms with Gasteiger partial charge in [-0.2, -0.15) is 0 Å². The number of aliphatic hydroxyl groups is 1. The van der Waals surface area contributed by atoms with Gasteiger partial charge in [0, 0.05) is 18.3 Å². The molecule has 8 N–H and O–H groups in total. The first kappa shape index (κ1) is 25.0. The van der Waals surface area contributed by atoms with E-state index in [2.05, 4.69) is 25.9 Å². The van der Waals surface area contributed by atoms with Gasteiger partial charge in [0.2, 0.25) is 17.7 Å². The number of hydrogen-bond acceptors (Lipinski definition) is 7. The highest BCUT2D eigenvalue weighted by Crippen LogP contribution is 2.07. The van der Waals surface area contributed by atoms with Crippen LogP contribution in [0.3, 0.4) is 0 Å². The van der Waals surface area contributed by atoms with Crippen LogP contribution in [0.2, 0.25) is 0 Å². The number of carbonyl (C=O) groups is 4. The number of nitrogens with zero attached hydrogens (tertiary/aromatic N) is 1. The van der Waals surface area contributed by atoms with Crippen molar-refractivity contribution < 1.29 is 29.4 Å². The molecular weight excluding hydrogens is 396 g/mol. The van der Waals surface area contributed by atoms with Crippen LogP contribution in [-0.4, -0.2) is 74.6 Å². The minimum Gasteiger partial charge on any atom is -0.480 e. The van der Waals surface area contributed by atoms with Gasteiger partial charge in [-0.1, -0.05) is 20.3 Å². The summed E-state index contributed by atoms with van der Waals surface area (Å²) < 4.78 is 0. The number of carboxylic acid groups (broad SMARTS) is 1. The van der Waals surface area contributed by atoms with Crippen LogP contribution in [-0.2, 0) is 25.6 Å². The van der Waals surface area contributed by atoms with Gasteiger partial charge in [-0.3, -0.25) is 19.2 Å². The number of aromatic nitrogens is 2. The van der Waals surface area contributed by atoms with Gasteiger partial charge in [0.25, 0.3) is 0 Å². The lowest BCUT2D eigenvalue weighted by molar-refractivity contribution is -0.139. The van der Waals surface area contributed by atoms with Crippen molar-refractivity contribution in [3.05, 3.63) is 18.2 Å². The quantitative estimate of drug-likeness (QED) is 0.196. The molecule has 0 bridgehead atoms. The summed E-state index contributed by atoms with van der Waals surface area (Å²) in [5.74, 6) is -3.54. The second-order valence-electron chi connectivity index (χ2n) is 7.09. The highest BCUT2D eigenvalue weighted by molar-refractivity contribution is 5.94. The Morgan fingerprint density at radius 2 is 1.83 bits per heavy atom. The largest absolute Gasteiger partial charge is 0.480 e. The molecule has 5 unspecified atom stereocenters. The van der Waals surface area contributed by atoms with Crippen LogP contribution in [0.4, 0.5) is 0 Å². The Labute approximate surface area is 174 Å². The first-order valence-electron chi connectivity index (χ1n) is 9.57. The van der Waals surface area contributed by atoms with Gasteiger partial charge in [-0.25, -0.2) is 4.98 Å². The highest BCUT2D eigenvalue weighted by atomic mass is 16.4. The first-order valence-corrected chi connectivity index (χ1v) is 9.57. The number of aromatic amines is 1. The molecule has 12 nitrogen and oxygen atoms in total. The molecule has 0 saturated heterocycles. The summed E-state index contributed by atoms with van der Waals surface area (Å²) in [6.45, 7) is 4.29. The van der Waals surface area contributed by atoms with Gasteiger partial charge in [0.15, 0.2) is 0 Å². The summed E-state index contributed by atoms with van der Waals surface area (Å²) in [5, 5.41) is 25.6. The average molecular weight is 426 g/mol. The van der Waals surface area contributed by atoms with Crippen molar-refractivity contribution in [2.45, 2.75) is 57.8 Å². The van der Waals surface area contributed by atoms with Gasteiger partial charge in [-0.15, -0.1) is 0 Å². The fourth-order valence-corrected chi connectivity index (χ4v) is 2.54. The van der Waals surface area contributed by atoms with Gasteiger partial charge >= 0.3 is 5.97 Å². The summed E-state index contributed by atoms with van der Waals surface area (Å²) in [4.78, 5) is 54.8. The summed E-state index contributed by atoms with van der Waals surface area (Å²) in [6.07, 6.45) is 2.28. The van der Waals surface area contributed by atoms with E-state index in [4.69, 9.17) is 10.8 Å². The predicted molar refractivity (Wildman–Crippen MR) is 106 cm³/mol. The summed E-state index contributed by atoms with van der Waals surface area (Å²) in [7, 11) is 0. The van der Waals surface area contributed by atoms with Crippen LogP contribution in [0.15, 0.2) is 12.5 Å². The molecule has 0 fully saturated rings. The van der Waals surface area contributed by atoms with Crippen LogP contribution < -0.4 is 21.7 Å². The lowest BCUT2D eigenvalue weighted by atomic mass is 9.98. The van der Waals surface area contributed by atoms with Crippen LogP contribution in [0, 0.1) is 5.92 Å². The maximum Gasteiger partial charge on any atom is 0.322 e. The monoisotopic (exact) mass is 426 g/mol. The Balaban J connectivity index is 2.95. The third kappa shape index (κ3) is 7.79. The molecule has 168 valence electrons. The standard InChI is InChI=1S/C18H30N6O6/c1-4-9(2)14(19)17(29)23-12(5-11-6-20-8-22-11)16(28)24-15(10(3)25)18(30)21-7-13(26)27/h6,8-10,12,14-15,25H,4-5,7,19H2,1-3H3,(H,20,22)(H,21,30)(H,23,29)(H,24,28)(H,26,27). The number of imidazole rings is 1. The number of rotatable bonds is 12. The van der Waals surface area contributed by atoms with E-state index in [1.165, 1.54) is 19.4 Å². The molecule has 3 amide bonds. The zero-order valence-corrected chi connectivity index (χ0v) is 17.2. The number of aliphatic carboxylic acids is 1. The summed E-state index contributed by atoms with van der Waals surface area (Å²) >= 11 is 0. The highest BCUT2D eigenvalue weighted by Gasteiger charge is 2.31. The molecular formula is C18H30N6O6. The van der Waals surface area contributed by atoms with Crippen molar-refractivity contribution in [3.8, 4) is 0 Å². The molecule has 30 heavy (non-hydrogen) atoms. The molecule has 0 aliphatic heterocycles. The number of amides is 3. The van der Waals surface area contributed by atoms with E-state index in [-0.39, 0.29) is 12.3 Å². The number of hydrogen-bond donors (Lipinski definition) is 7. The molecule has 0 saturated carbocycles. The lowest BCUT2D eigenvalue weighted by Crippen LogP contribution is -2.59. The molecule has 12 heteroatoms. The van der Waals surface area contributed by atoms with Crippen molar-refractivity contribution in [1.82, 2.24) is 25.9 Å². The maximum absolute atomic E-state index is 12.8. The number of carbonyl (C=O) groups excluding carboxylic acids is 3. The van der Waals surface area contributed by atoms with E-state index >= 15 is 0 Å². The SMILES string of the molecule is CCC(C)C(N)C(=O)NC(Cc1cnc[nH]1)C(=O)NC(C(=O)NCC(=O)O)C(C)O. The third-order valence-electron chi connectivity index (χ3n) is 4.65. The van der Waals surface area contributed by atoms with E-state index in [1.54, 1.807) is 0 Å². The average Bonchev–Trinajstić information content (AvgIpc) is 3.20. The third-order valence-corrected chi connectivity index (χ3v) is 4.65. The lowest BCUT2D eigenvalue weighted by Gasteiger charge is -2.26. The van der Waals surface area contributed by atoms with Gasteiger partial charge in [-0.05, 0) is 12.8 Å². The maximum atomic E-state index is 12.8. The van der Waals surface area contributed by atoms with Crippen molar-refractivity contribution in [2.24, 2.45) is 11.7 Å².